The first-order valence-corrected chi connectivity index (χ1v) is 42.1. The Morgan fingerprint density at radius 1 is 0.272 bits per heavy atom. The van der Waals surface area contributed by atoms with Gasteiger partial charge in [-0.2, -0.15) is 29.9 Å². The summed E-state index contributed by atoms with van der Waals surface area (Å²) in [6.07, 6.45) is 16.9. The monoisotopic (exact) mass is 1710 g/mol. The molecule has 0 aliphatic carbocycles. The maximum atomic E-state index is 13.9. The molecule has 0 bridgehead atoms. The van der Waals surface area contributed by atoms with Gasteiger partial charge in [-0.15, -0.1) is 0 Å². The molecule has 0 radical (unpaired) electrons. The molecule has 125 heavy (non-hydrogen) atoms. The standard InChI is InChI=1S/5C15H14F2N4.C15H15FN4/c16-15(17)7-3-8-20(10-15)13-6-9-21-12-5-2-1-4-11(12)18-14(21)19-13;16-10-4-5-11-14(13(10)17)19-15-18-12(6-9-21(11)15)20-7-2-1-3-8-20;16-10-4-5-11-14(13(10)17)21-9-6-12(19-15(21)18-11)20-7-2-1-3-8-20;16-15(17)6-9-20(10-7-15)13-5-8-21-12-4-2-1-3-11(12)18-14(21)19-13;16-10-7-11(17)9-20(8-10)14-5-6-21-13-4-2-1-3-12(13)18-15(21)19-14;16-11-4-3-8-19(10-11)14-7-9-20-13-6-2-1-5-12(13)17-15(20)18-14/h1-2,4-6,9H,3,7-8,10H2;2*4-6,9H,1-3,7-8H2;1-5,8H,6-7,9-10H2;1-6,10-11H,7-9H2;1-2,5-7,9,11H,3-4,8,10H2. The first-order valence-electron chi connectivity index (χ1n) is 42.1. The van der Waals surface area contributed by atoms with E-state index in [9.17, 15) is 48.3 Å². The summed E-state index contributed by atoms with van der Waals surface area (Å²) in [5, 5.41) is 0. The Kier molecular flexibility index (Phi) is 22.4. The molecule has 0 amide bonds. The van der Waals surface area contributed by atoms with Crippen molar-refractivity contribution >= 4 is 136 Å². The molecule has 3 unspecified atom stereocenters. The fraction of sp³-hybridized carbons (Fsp3) is 0.333. The lowest BCUT2D eigenvalue weighted by molar-refractivity contribution is -0.0222. The van der Waals surface area contributed by atoms with Crippen LogP contribution in [0.3, 0.4) is 0 Å². The molecule has 18 heterocycles. The lowest BCUT2D eigenvalue weighted by Crippen LogP contribution is -2.43. The highest BCUT2D eigenvalue weighted by Gasteiger charge is 2.37. The molecule has 24 rings (SSSR count). The van der Waals surface area contributed by atoms with Crippen molar-refractivity contribution in [2.45, 2.75) is 114 Å². The van der Waals surface area contributed by atoms with E-state index in [1.807, 2.05) is 180 Å². The van der Waals surface area contributed by atoms with Gasteiger partial charge in [-0.1, -0.05) is 48.5 Å². The highest BCUT2D eigenvalue weighted by atomic mass is 19.3. The maximum absolute atomic E-state index is 13.9. The maximum Gasteiger partial charge on any atom is 0.265 e. The predicted molar refractivity (Wildman–Crippen MR) is 461 cm³/mol. The SMILES string of the molecule is FC1(F)CCCN(c2ccn3c(n2)nc2ccccc23)C1.FC1(F)CCN(c2ccn3c(n2)nc2ccccc23)CC1.FC1CC(F)CN(c2ccn3c(n2)nc2ccccc23)C1.FC1CCCN(c2ccn3c(n2)nc2ccccc23)C1.Fc1ccc2c(nc3nc(N4CCCCC4)ccn32)c1F.Fc1ccc2nc3nc(N4CCCCC4)ccn3c2c1F. The van der Waals surface area contributed by atoms with Gasteiger partial charge in [-0.25, -0.2) is 78.2 Å². The van der Waals surface area contributed by atoms with E-state index in [0.29, 0.717) is 102 Å². The molecule has 642 valence electrons. The van der Waals surface area contributed by atoms with Gasteiger partial charge in [0.05, 0.1) is 81.3 Å². The molecular formula is C90H85F11N24. The number of piperidine rings is 6. The molecule has 6 aliphatic rings. The van der Waals surface area contributed by atoms with Gasteiger partial charge in [0.2, 0.25) is 34.7 Å². The largest absolute Gasteiger partial charge is 0.356 e. The van der Waals surface area contributed by atoms with Crippen molar-refractivity contribution in [1.29, 1.82) is 0 Å². The smallest absolute Gasteiger partial charge is 0.265 e. The van der Waals surface area contributed by atoms with E-state index in [2.05, 4.69) is 69.6 Å². The number of rotatable bonds is 6. The van der Waals surface area contributed by atoms with Crippen LogP contribution in [0.4, 0.5) is 83.2 Å². The van der Waals surface area contributed by atoms with Gasteiger partial charge in [0.15, 0.2) is 23.3 Å². The average molecular weight is 1710 g/mol. The molecule has 24 nitrogen and oxygen atoms in total. The number of alkyl halides is 7. The third-order valence-electron chi connectivity index (χ3n) is 23.5. The molecule has 6 saturated heterocycles. The number of benzene rings is 6. The minimum atomic E-state index is -2.63. The normalized spacial score (nSPS) is 18.6. The van der Waals surface area contributed by atoms with Crippen molar-refractivity contribution in [3.05, 3.63) is 218 Å². The van der Waals surface area contributed by atoms with E-state index in [4.69, 9.17) is 0 Å². The summed E-state index contributed by atoms with van der Waals surface area (Å²) in [6, 6.07) is 47.6. The molecule has 12 aromatic heterocycles. The van der Waals surface area contributed by atoms with Crippen LogP contribution >= 0.6 is 0 Å². The summed E-state index contributed by atoms with van der Waals surface area (Å²) in [4.78, 5) is 64.9. The van der Waals surface area contributed by atoms with Crippen molar-refractivity contribution < 1.29 is 48.3 Å². The number of hydrogen-bond acceptors (Lipinski definition) is 18. The molecule has 18 aromatic rings. The third-order valence-corrected chi connectivity index (χ3v) is 23.5. The van der Waals surface area contributed by atoms with Crippen LogP contribution in [0.15, 0.2) is 195 Å². The van der Waals surface area contributed by atoms with E-state index in [0.717, 1.165) is 139 Å². The van der Waals surface area contributed by atoms with Crippen molar-refractivity contribution in [1.82, 2.24) is 86.2 Å². The van der Waals surface area contributed by atoms with Gasteiger partial charge >= 0.3 is 0 Å². The molecular weight excluding hydrogens is 1630 g/mol. The average Bonchev–Trinajstić information content (AvgIpc) is 1.84. The number of halogens is 11. The van der Waals surface area contributed by atoms with E-state index in [1.54, 1.807) is 32.5 Å². The zero-order valence-corrected chi connectivity index (χ0v) is 67.8. The summed E-state index contributed by atoms with van der Waals surface area (Å²) < 4.78 is 159. The quantitative estimate of drug-likeness (QED) is 0.142. The number of fused-ring (bicyclic) bond motifs is 18. The van der Waals surface area contributed by atoms with Gasteiger partial charge in [0.1, 0.15) is 64.5 Å². The van der Waals surface area contributed by atoms with Crippen molar-refractivity contribution in [3.8, 4) is 0 Å². The number of aromatic nitrogens is 18. The fourth-order valence-electron chi connectivity index (χ4n) is 17.2. The Hall–Kier alpha value is -13.4. The van der Waals surface area contributed by atoms with Gasteiger partial charge < -0.3 is 29.4 Å². The second-order valence-corrected chi connectivity index (χ2v) is 32.2. The fourth-order valence-corrected chi connectivity index (χ4v) is 17.2. The van der Waals surface area contributed by atoms with Crippen LogP contribution in [0.25, 0.3) is 101 Å². The van der Waals surface area contributed by atoms with Crippen LogP contribution in [-0.4, -0.2) is 195 Å². The van der Waals surface area contributed by atoms with Crippen molar-refractivity contribution in [3.63, 3.8) is 0 Å². The second-order valence-electron chi connectivity index (χ2n) is 32.2. The first kappa shape index (κ1) is 81.3. The van der Waals surface area contributed by atoms with E-state index in [-0.39, 0.29) is 56.4 Å². The number of hydrogen-bond donors (Lipinski definition) is 0. The molecule has 3 atom stereocenters. The highest BCUT2D eigenvalue weighted by Crippen LogP contribution is 2.35. The number of imidazole rings is 6. The Balaban J connectivity index is 0.0000000982. The van der Waals surface area contributed by atoms with Gasteiger partial charge in [-0.3, -0.25) is 26.4 Å². The summed E-state index contributed by atoms with van der Waals surface area (Å²) in [7, 11) is 0. The topological polar surface area (TPSA) is 201 Å². The number of para-hydroxylation sites is 8. The van der Waals surface area contributed by atoms with Crippen LogP contribution in [0, 0.1) is 23.3 Å². The Morgan fingerprint density at radius 3 is 1.08 bits per heavy atom. The minimum absolute atomic E-state index is 0.0218. The zero-order chi connectivity index (χ0) is 85.6. The summed E-state index contributed by atoms with van der Waals surface area (Å²) in [6.45, 7) is 6.58. The summed E-state index contributed by atoms with van der Waals surface area (Å²) in [5.41, 5.74) is 8.61. The number of nitrogens with zero attached hydrogens (tertiary/aromatic N) is 24. The highest BCUT2D eigenvalue weighted by molar-refractivity contribution is 5.85. The zero-order valence-electron chi connectivity index (χ0n) is 67.8. The summed E-state index contributed by atoms with van der Waals surface area (Å²) in [5.74, 6) is -1.20. The van der Waals surface area contributed by atoms with Crippen LogP contribution in [0.5, 0.6) is 0 Å². The Bertz CT molecular complexity index is 6800. The molecule has 0 N–H and O–H groups in total. The molecule has 6 aromatic carbocycles. The lowest BCUT2D eigenvalue weighted by Gasteiger charge is -2.33. The van der Waals surface area contributed by atoms with Crippen molar-refractivity contribution in [2.75, 3.05) is 108 Å². The second kappa shape index (κ2) is 34.4. The molecule has 35 heteroatoms. The van der Waals surface area contributed by atoms with Crippen LogP contribution in [0.1, 0.15) is 83.5 Å². The van der Waals surface area contributed by atoms with Gasteiger partial charge in [-0.05, 0) is 167 Å². The number of anilines is 6. The Morgan fingerprint density at radius 2 is 0.624 bits per heavy atom. The lowest BCUT2D eigenvalue weighted by atomic mass is 10.1. The molecule has 6 fully saturated rings. The van der Waals surface area contributed by atoms with Gasteiger partial charge in [0, 0.05) is 115 Å². The Labute approximate surface area is 706 Å². The molecule has 0 saturated carbocycles. The first-order chi connectivity index (χ1) is 60.7. The van der Waals surface area contributed by atoms with E-state index >= 15 is 0 Å². The van der Waals surface area contributed by atoms with E-state index < -0.39 is 53.6 Å². The summed E-state index contributed by atoms with van der Waals surface area (Å²) >= 11 is 0. The predicted octanol–water partition coefficient (Wildman–Crippen LogP) is 18.1. The van der Waals surface area contributed by atoms with Crippen molar-refractivity contribution in [2.24, 2.45) is 0 Å². The van der Waals surface area contributed by atoms with Gasteiger partial charge in [0.25, 0.3) is 11.8 Å². The van der Waals surface area contributed by atoms with Crippen LogP contribution in [-0.2, 0) is 0 Å². The van der Waals surface area contributed by atoms with E-state index in [1.165, 1.54) is 29.4 Å². The molecule has 6 aliphatic heterocycles. The van der Waals surface area contributed by atoms with Crippen LogP contribution < -0.4 is 29.4 Å². The minimum Gasteiger partial charge on any atom is -0.356 e. The third kappa shape index (κ3) is 17.1. The molecule has 0 spiro atoms. The van der Waals surface area contributed by atoms with Crippen LogP contribution in [0.2, 0.25) is 0 Å².